The molecule has 4 heteroatoms. The predicted octanol–water partition coefficient (Wildman–Crippen LogP) is 15.6. The fourth-order valence-electron chi connectivity index (χ4n) is 9.04. The summed E-state index contributed by atoms with van der Waals surface area (Å²) in [5, 5.41) is 0. The van der Waals surface area contributed by atoms with E-state index in [-0.39, 0.29) is 10.8 Å². The van der Waals surface area contributed by atoms with Gasteiger partial charge in [-0.25, -0.2) is 9.97 Å². The highest BCUT2D eigenvalue weighted by Gasteiger charge is 2.36. The lowest BCUT2D eigenvalue weighted by Gasteiger charge is -2.25. The van der Waals surface area contributed by atoms with Crippen LogP contribution in [-0.4, -0.2) is 9.97 Å². The molecular weight excluding hydrogens is 745 g/mol. The van der Waals surface area contributed by atoms with Crippen molar-refractivity contribution in [2.45, 2.75) is 45.4 Å². The van der Waals surface area contributed by atoms with E-state index in [9.17, 15) is 0 Å². The van der Waals surface area contributed by atoms with Crippen LogP contribution in [0.25, 0.3) is 101 Å². The Balaban J connectivity index is 1.02. The molecular formula is C57H44N2O2. The molecule has 2 aromatic heterocycles. The Morgan fingerprint density at radius 1 is 0.377 bits per heavy atom. The highest BCUT2D eigenvalue weighted by atomic mass is 16.4. The maximum absolute atomic E-state index is 6.21. The molecule has 0 aliphatic heterocycles. The van der Waals surface area contributed by atoms with E-state index in [2.05, 4.69) is 162 Å². The topological polar surface area (TPSA) is 52.1 Å². The van der Waals surface area contributed by atoms with E-state index >= 15 is 0 Å². The molecule has 1 aliphatic rings. The van der Waals surface area contributed by atoms with Crippen LogP contribution in [0.5, 0.6) is 0 Å². The third-order valence-corrected chi connectivity index (χ3v) is 12.5. The van der Waals surface area contributed by atoms with Gasteiger partial charge in [-0.3, -0.25) is 0 Å². The molecule has 4 nitrogen and oxygen atoms in total. The van der Waals surface area contributed by atoms with Crippen molar-refractivity contribution in [3.05, 3.63) is 193 Å². The minimum absolute atomic E-state index is 0.0891. The number of rotatable bonds is 6. The minimum atomic E-state index is -0.109. The molecule has 1 aliphatic carbocycles. The molecule has 0 atom stereocenters. The van der Waals surface area contributed by atoms with Gasteiger partial charge in [0, 0.05) is 16.5 Å². The Labute approximate surface area is 356 Å². The fourth-order valence-corrected chi connectivity index (χ4v) is 9.04. The summed E-state index contributed by atoms with van der Waals surface area (Å²) in [6.07, 6.45) is 0. The first-order chi connectivity index (χ1) is 29.5. The zero-order valence-corrected chi connectivity index (χ0v) is 35.0. The molecule has 11 rings (SSSR count). The van der Waals surface area contributed by atoms with Crippen molar-refractivity contribution in [1.29, 1.82) is 0 Å². The van der Waals surface area contributed by atoms with E-state index in [0.29, 0.717) is 11.8 Å². The standard InChI is InChI=1S/C57H44N2O2/c1-56(2,3)45-24-26-47-46-25-23-39(33-48(46)57(4,5)49(47)34-45)35-13-10-14-36(27-35)42-30-43(37-15-11-17-40(28-37)54-58-50-19-6-8-21-52(50)60-54)32-44(31-42)38-16-12-18-41(29-38)55-59-51-20-7-9-22-53(51)61-55/h6-34H,1-5H3. The zero-order valence-electron chi connectivity index (χ0n) is 35.0. The molecule has 0 N–H and O–H groups in total. The Hall–Kier alpha value is -7.30. The SMILES string of the molecule is CC(C)(C)c1ccc2c(c1)C(C)(C)c1cc(-c3cccc(-c4cc(-c5cccc(-c6nc7ccccc7o6)c5)cc(-c5cccc(-c6nc7ccccc7o6)c5)c4)c3)ccc1-2. The lowest BCUT2D eigenvalue weighted by atomic mass is 9.78. The third kappa shape index (κ3) is 6.47. The van der Waals surface area contributed by atoms with Crippen LogP contribution in [0.2, 0.25) is 0 Å². The average molecular weight is 789 g/mol. The van der Waals surface area contributed by atoms with Gasteiger partial charge in [0.05, 0.1) is 0 Å². The van der Waals surface area contributed by atoms with Crippen LogP contribution in [0, 0.1) is 0 Å². The Morgan fingerprint density at radius 2 is 0.770 bits per heavy atom. The van der Waals surface area contributed by atoms with Crippen molar-refractivity contribution in [3.8, 4) is 78.5 Å². The van der Waals surface area contributed by atoms with Crippen LogP contribution < -0.4 is 0 Å². The van der Waals surface area contributed by atoms with Gasteiger partial charge in [0.1, 0.15) is 11.0 Å². The summed E-state index contributed by atoms with van der Waals surface area (Å²) in [6, 6.07) is 62.7. The van der Waals surface area contributed by atoms with Gasteiger partial charge in [-0.05, 0) is 157 Å². The van der Waals surface area contributed by atoms with Crippen LogP contribution in [0.1, 0.15) is 51.3 Å². The molecule has 10 aromatic rings. The predicted molar refractivity (Wildman–Crippen MR) is 250 cm³/mol. The number of fused-ring (bicyclic) bond motifs is 5. The second-order valence-electron chi connectivity index (χ2n) is 17.9. The smallest absolute Gasteiger partial charge is 0.227 e. The Kier molecular flexibility index (Phi) is 8.37. The first-order valence-corrected chi connectivity index (χ1v) is 21.0. The summed E-state index contributed by atoms with van der Waals surface area (Å²) in [6.45, 7) is 11.6. The molecule has 0 bridgehead atoms. The minimum Gasteiger partial charge on any atom is -0.436 e. The van der Waals surface area contributed by atoms with E-state index in [1.807, 2.05) is 48.5 Å². The van der Waals surface area contributed by atoms with Gasteiger partial charge in [-0.1, -0.05) is 132 Å². The number of nitrogens with zero attached hydrogens (tertiary/aromatic N) is 2. The first-order valence-electron chi connectivity index (χ1n) is 21.0. The number of para-hydroxylation sites is 4. The molecule has 0 radical (unpaired) electrons. The van der Waals surface area contributed by atoms with Crippen molar-refractivity contribution >= 4 is 22.2 Å². The summed E-state index contributed by atoms with van der Waals surface area (Å²) >= 11 is 0. The largest absolute Gasteiger partial charge is 0.436 e. The lowest BCUT2D eigenvalue weighted by molar-refractivity contribution is 0.584. The van der Waals surface area contributed by atoms with E-state index in [4.69, 9.17) is 18.8 Å². The van der Waals surface area contributed by atoms with E-state index < -0.39 is 0 Å². The monoisotopic (exact) mass is 788 g/mol. The molecule has 294 valence electrons. The molecule has 61 heavy (non-hydrogen) atoms. The summed E-state index contributed by atoms with van der Waals surface area (Å²) in [7, 11) is 0. The van der Waals surface area contributed by atoms with Crippen molar-refractivity contribution in [1.82, 2.24) is 9.97 Å². The highest BCUT2D eigenvalue weighted by molar-refractivity contribution is 5.88. The van der Waals surface area contributed by atoms with Gasteiger partial charge in [-0.2, -0.15) is 0 Å². The van der Waals surface area contributed by atoms with Crippen molar-refractivity contribution in [2.24, 2.45) is 0 Å². The highest BCUT2D eigenvalue weighted by Crippen LogP contribution is 2.51. The Morgan fingerprint density at radius 3 is 1.26 bits per heavy atom. The van der Waals surface area contributed by atoms with Gasteiger partial charge in [0.15, 0.2) is 11.2 Å². The summed E-state index contributed by atoms with van der Waals surface area (Å²) in [4.78, 5) is 9.63. The van der Waals surface area contributed by atoms with Gasteiger partial charge in [0.25, 0.3) is 0 Å². The first kappa shape index (κ1) is 36.8. The second kappa shape index (κ2) is 13.9. The van der Waals surface area contributed by atoms with Gasteiger partial charge in [-0.15, -0.1) is 0 Å². The van der Waals surface area contributed by atoms with Gasteiger partial charge < -0.3 is 8.83 Å². The third-order valence-electron chi connectivity index (χ3n) is 12.5. The second-order valence-corrected chi connectivity index (χ2v) is 17.9. The fraction of sp³-hybridized carbons (Fsp3) is 0.123. The molecule has 0 saturated heterocycles. The maximum atomic E-state index is 6.21. The quantitative estimate of drug-likeness (QED) is 0.168. The van der Waals surface area contributed by atoms with Gasteiger partial charge >= 0.3 is 0 Å². The van der Waals surface area contributed by atoms with Crippen LogP contribution in [-0.2, 0) is 10.8 Å². The summed E-state index contributed by atoms with van der Waals surface area (Å²) in [5.41, 5.74) is 20.9. The normalized spacial score (nSPS) is 13.1. The molecule has 0 fully saturated rings. The number of oxazole rings is 2. The number of benzene rings is 8. The molecule has 0 amide bonds. The van der Waals surface area contributed by atoms with Crippen LogP contribution in [0.15, 0.2) is 185 Å². The molecule has 0 spiro atoms. The summed E-state index contributed by atoms with van der Waals surface area (Å²) in [5.74, 6) is 1.21. The van der Waals surface area contributed by atoms with Crippen molar-refractivity contribution in [2.75, 3.05) is 0 Å². The molecule has 0 saturated carbocycles. The van der Waals surface area contributed by atoms with E-state index in [1.165, 1.54) is 38.9 Å². The van der Waals surface area contributed by atoms with Crippen LogP contribution >= 0.6 is 0 Å². The average Bonchev–Trinajstić information content (AvgIpc) is 3.99. The van der Waals surface area contributed by atoms with Gasteiger partial charge in [0.2, 0.25) is 11.8 Å². The van der Waals surface area contributed by atoms with Crippen molar-refractivity contribution < 1.29 is 8.83 Å². The number of hydrogen-bond donors (Lipinski definition) is 0. The number of hydrogen-bond acceptors (Lipinski definition) is 4. The molecule has 2 heterocycles. The van der Waals surface area contributed by atoms with Crippen LogP contribution in [0.3, 0.4) is 0 Å². The van der Waals surface area contributed by atoms with E-state index in [1.54, 1.807) is 0 Å². The molecule has 0 unspecified atom stereocenters. The van der Waals surface area contributed by atoms with E-state index in [0.717, 1.165) is 66.7 Å². The number of aromatic nitrogens is 2. The zero-order chi connectivity index (χ0) is 41.5. The maximum Gasteiger partial charge on any atom is 0.227 e. The van der Waals surface area contributed by atoms with Crippen molar-refractivity contribution in [3.63, 3.8) is 0 Å². The lowest BCUT2D eigenvalue weighted by Crippen LogP contribution is -2.17. The Bertz CT molecular complexity index is 3140. The molecule has 8 aromatic carbocycles. The van der Waals surface area contributed by atoms with Crippen LogP contribution in [0.4, 0.5) is 0 Å². The summed E-state index contributed by atoms with van der Waals surface area (Å²) < 4.78 is 12.4.